The molecule has 3 amide bonds. The zero-order valence-electron chi connectivity index (χ0n) is 14.8. The number of thiol groups is 1. The molecule has 4 atom stereocenters. The first-order valence-electron chi connectivity index (χ1n) is 8.78. The number of carboxylic acid groups (broad SMARTS) is 1. The molecule has 2 aliphatic rings. The van der Waals surface area contributed by atoms with Crippen molar-refractivity contribution < 1.29 is 24.3 Å². The largest absolute Gasteiger partial charge is 0.480 e. The van der Waals surface area contributed by atoms with Gasteiger partial charge in [-0.15, -0.1) is 0 Å². The van der Waals surface area contributed by atoms with Crippen LogP contribution in [0.1, 0.15) is 32.6 Å². The van der Waals surface area contributed by atoms with Crippen molar-refractivity contribution in [3.05, 3.63) is 0 Å². The first-order valence-corrected chi connectivity index (χ1v) is 9.41. The molecule has 2 heterocycles. The van der Waals surface area contributed by atoms with Gasteiger partial charge in [0, 0.05) is 18.8 Å². The second-order valence-corrected chi connectivity index (χ2v) is 7.10. The van der Waals surface area contributed by atoms with Crippen LogP contribution in [0.2, 0.25) is 0 Å². The number of hydrogen-bond acceptors (Lipinski definition) is 6. The molecule has 0 aromatic heterocycles. The van der Waals surface area contributed by atoms with Gasteiger partial charge in [-0.25, -0.2) is 4.79 Å². The van der Waals surface area contributed by atoms with Crippen LogP contribution in [0.25, 0.3) is 0 Å². The Morgan fingerprint density at radius 2 is 1.65 bits per heavy atom. The molecule has 0 saturated carbocycles. The van der Waals surface area contributed by atoms with E-state index in [4.69, 9.17) is 5.73 Å². The van der Waals surface area contributed by atoms with E-state index in [2.05, 4.69) is 17.9 Å². The molecule has 9 nitrogen and oxygen atoms in total. The standard InChI is InChI=1S/C16H26N4O5S/c1-9(14(22)20-7-3-5-12(20)16(24)25)18-13(21)11-4-2-6-19(11)15(23)10(17)8-26/h9-12,26H,2-8,17H2,1H3,(H,18,21)(H,24,25). The fourth-order valence-corrected chi connectivity index (χ4v) is 3.66. The van der Waals surface area contributed by atoms with Crippen molar-refractivity contribution in [1.82, 2.24) is 15.1 Å². The fourth-order valence-electron chi connectivity index (χ4n) is 3.50. The van der Waals surface area contributed by atoms with E-state index in [-0.39, 0.29) is 11.7 Å². The highest BCUT2D eigenvalue weighted by molar-refractivity contribution is 7.80. The SMILES string of the molecule is CC(NC(=O)C1CCCN1C(=O)C(N)CS)C(=O)N1CCCC1C(=O)O. The predicted octanol–water partition coefficient (Wildman–Crippen LogP) is -1.19. The van der Waals surface area contributed by atoms with Gasteiger partial charge in [0.25, 0.3) is 0 Å². The van der Waals surface area contributed by atoms with Gasteiger partial charge in [0.1, 0.15) is 18.1 Å². The molecule has 2 fully saturated rings. The summed E-state index contributed by atoms with van der Waals surface area (Å²) in [5, 5.41) is 11.8. The highest BCUT2D eigenvalue weighted by Gasteiger charge is 2.39. The van der Waals surface area contributed by atoms with Crippen LogP contribution in [0, 0.1) is 0 Å². The third kappa shape index (κ3) is 4.29. The molecule has 10 heteroatoms. The first-order chi connectivity index (χ1) is 12.3. The number of carboxylic acids is 1. The van der Waals surface area contributed by atoms with Gasteiger partial charge in [-0.3, -0.25) is 14.4 Å². The lowest BCUT2D eigenvalue weighted by atomic mass is 10.1. The minimum Gasteiger partial charge on any atom is -0.480 e. The van der Waals surface area contributed by atoms with Crippen molar-refractivity contribution in [2.24, 2.45) is 5.73 Å². The molecule has 0 aliphatic carbocycles. The summed E-state index contributed by atoms with van der Waals surface area (Å²) in [4.78, 5) is 51.3. The van der Waals surface area contributed by atoms with E-state index >= 15 is 0 Å². The minimum absolute atomic E-state index is 0.185. The molecule has 0 bridgehead atoms. The molecule has 26 heavy (non-hydrogen) atoms. The van der Waals surface area contributed by atoms with E-state index in [0.29, 0.717) is 38.8 Å². The number of carbonyl (C=O) groups excluding carboxylic acids is 3. The average molecular weight is 386 g/mol. The molecule has 2 saturated heterocycles. The Labute approximate surface area is 157 Å². The highest BCUT2D eigenvalue weighted by atomic mass is 32.1. The molecule has 0 aromatic rings. The predicted molar refractivity (Wildman–Crippen MR) is 96.5 cm³/mol. The highest BCUT2D eigenvalue weighted by Crippen LogP contribution is 2.20. The molecular weight excluding hydrogens is 360 g/mol. The van der Waals surface area contributed by atoms with Crippen molar-refractivity contribution in [1.29, 1.82) is 0 Å². The summed E-state index contributed by atoms with van der Waals surface area (Å²) in [6.07, 6.45) is 2.21. The van der Waals surface area contributed by atoms with Crippen LogP contribution in [0.15, 0.2) is 0 Å². The van der Waals surface area contributed by atoms with Crippen LogP contribution in [0.5, 0.6) is 0 Å². The molecule has 4 unspecified atom stereocenters. The Balaban J connectivity index is 1.98. The summed E-state index contributed by atoms with van der Waals surface area (Å²) in [5.41, 5.74) is 5.72. The van der Waals surface area contributed by atoms with E-state index in [1.54, 1.807) is 0 Å². The summed E-state index contributed by atoms with van der Waals surface area (Å²) >= 11 is 4.01. The number of nitrogens with zero attached hydrogens (tertiary/aromatic N) is 2. The van der Waals surface area contributed by atoms with E-state index in [9.17, 15) is 24.3 Å². The monoisotopic (exact) mass is 386 g/mol. The summed E-state index contributed by atoms with van der Waals surface area (Å²) in [5.74, 6) is -2.03. The van der Waals surface area contributed by atoms with Gasteiger partial charge in [0.05, 0.1) is 6.04 Å². The van der Waals surface area contributed by atoms with Gasteiger partial charge in [-0.1, -0.05) is 0 Å². The van der Waals surface area contributed by atoms with Gasteiger partial charge < -0.3 is 26.0 Å². The number of nitrogens with one attached hydrogen (secondary N) is 1. The van der Waals surface area contributed by atoms with Crippen LogP contribution in [-0.2, 0) is 19.2 Å². The number of amides is 3. The van der Waals surface area contributed by atoms with Crippen molar-refractivity contribution in [2.75, 3.05) is 18.8 Å². The van der Waals surface area contributed by atoms with E-state index in [0.717, 1.165) is 0 Å². The Morgan fingerprint density at radius 3 is 2.19 bits per heavy atom. The third-order valence-corrected chi connectivity index (χ3v) is 5.30. The molecule has 0 radical (unpaired) electrons. The molecule has 0 aromatic carbocycles. The molecule has 2 aliphatic heterocycles. The van der Waals surface area contributed by atoms with Crippen LogP contribution < -0.4 is 11.1 Å². The maximum atomic E-state index is 12.6. The van der Waals surface area contributed by atoms with Crippen molar-refractivity contribution in [3.8, 4) is 0 Å². The maximum absolute atomic E-state index is 12.6. The zero-order chi connectivity index (χ0) is 19.4. The second kappa shape index (κ2) is 8.72. The lowest BCUT2D eigenvalue weighted by Gasteiger charge is -2.29. The van der Waals surface area contributed by atoms with Crippen LogP contribution in [-0.4, -0.2) is 81.6 Å². The van der Waals surface area contributed by atoms with Crippen molar-refractivity contribution in [2.45, 2.75) is 56.8 Å². The normalized spacial score (nSPS) is 25.0. The number of hydrogen-bond donors (Lipinski definition) is 4. The molecule has 2 rings (SSSR count). The second-order valence-electron chi connectivity index (χ2n) is 6.74. The van der Waals surface area contributed by atoms with E-state index < -0.39 is 42.0 Å². The van der Waals surface area contributed by atoms with Crippen LogP contribution in [0.3, 0.4) is 0 Å². The number of likely N-dealkylation sites (tertiary alicyclic amines) is 2. The van der Waals surface area contributed by atoms with Crippen LogP contribution in [0.4, 0.5) is 0 Å². The molecule has 146 valence electrons. The molecular formula is C16H26N4O5S. The summed E-state index contributed by atoms with van der Waals surface area (Å²) in [6, 6.07) is -3.15. The summed E-state index contributed by atoms with van der Waals surface area (Å²) in [6.45, 7) is 2.33. The van der Waals surface area contributed by atoms with E-state index in [1.807, 2.05) is 0 Å². The number of rotatable bonds is 6. The first kappa shape index (κ1) is 20.5. The zero-order valence-corrected chi connectivity index (χ0v) is 15.7. The van der Waals surface area contributed by atoms with E-state index in [1.165, 1.54) is 16.7 Å². The van der Waals surface area contributed by atoms with Gasteiger partial charge in [0.15, 0.2) is 0 Å². The smallest absolute Gasteiger partial charge is 0.326 e. The van der Waals surface area contributed by atoms with Crippen molar-refractivity contribution in [3.63, 3.8) is 0 Å². The number of carbonyl (C=O) groups is 4. The minimum atomic E-state index is -1.04. The quantitative estimate of drug-likeness (QED) is 0.425. The van der Waals surface area contributed by atoms with Gasteiger partial charge in [-0.2, -0.15) is 12.6 Å². The lowest BCUT2D eigenvalue weighted by Crippen LogP contribution is -2.56. The maximum Gasteiger partial charge on any atom is 0.326 e. The third-order valence-electron chi connectivity index (χ3n) is 4.90. The Morgan fingerprint density at radius 1 is 1.12 bits per heavy atom. The average Bonchev–Trinajstić information content (AvgIpc) is 3.28. The molecule has 4 N–H and O–H groups in total. The topological polar surface area (TPSA) is 133 Å². The Bertz CT molecular complexity index is 587. The molecule has 0 spiro atoms. The number of aliphatic carboxylic acids is 1. The lowest BCUT2D eigenvalue weighted by molar-refractivity contribution is -0.149. The fraction of sp³-hybridized carbons (Fsp3) is 0.750. The summed E-state index contributed by atoms with van der Waals surface area (Å²) in [7, 11) is 0. The van der Waals surface area contributed by atoms with Gasteiger partial charge in [-0.05, 0) is 32.6 Å². The Hall–Kier alpha value is -1.81. The summed E-state index contributed by atoms with van der Waals surface area (Å²) < 4.78 is 0. The number of nitrogens with two attached hydrogens (primary N) is 1. The van der Waals surface area contributed by atoms with Crippen LogP contribution >= 0.6 is 12.6 Å². The van der Waals surface area contributed by atoms with Gasteiger partial charge in [0.2, 0.25) is 17.7 Å². The Kier molecular flexibility index (Phi) is 6.87. The van der Waals surface area contributed by atoms with Crippen molar-refractivity contribution >= 4 is 36.3 Å². The van der Waals surface area contributed by atoms with Gasteiger partial charge >= 0.3 is 5.97 Å².